The predicted molar refractivity (Wildman–Crippen MR) is 126 cm³/mol. The number of halogens is 3. The number of hydrogen-bond donors (Lipinski definition) is 4. The van der Waals surface area contributed by atoms with E-state index >= 15 is 0 Å². The Hall–Kier alpha value is -3.13. The number of hydrogen-bond acceptors (Lipinski definition) is 7. The van der Waals surface area contributed by atoms with Crippen molar-refractivity contribution in [2.24, 2.45) is 0 Å². The molecule has 0 unspecified atom stereocenters. The molecule has 0 aliphatic rings. The molecule has 13 heteroatoms. The highest BCUT2D eigenvalue weighted by atomic mass is 32.2. The lowest BCUT2D eigenvalue weighted by molar-refractivity contribution is -0.139. The van der Waals surface area contributed by atoms with Crippen molar-refractivity contribution in [2.45, 2.75) is 16.5 Å². The molecule has 2 aromatic carbocycles. The number of fused-ring (bicyclic) bond motifs is 1. The fraction of sp³-hybridized carbons (Fsp3) is 0.227. The Kier molecular flexibility index (Phi) is 7.31. The van der Waals surface area contributed by atoms with Gasteiger partial charge in [0.15, 0.2) is 0 Å². The highest BCUT2D eigenvalue weighted by Crippen LogP contribution is 2.34. The number of aliphatic hydroxyl groups is 1. The first-order chi connectivity index (χ1) is 16.6. The smallest absolute Gasteiger partial charge is 0.433 e. The molecule has 0 spiro atoms. The number of aliphatic hydroxyl groups excluding tert-OH is 1. The second-order valence-electron chi connectivity index (χ2n) is 7.51. The Morgan fingerprint density at radius 3 is 2.71 bits per heavy atom. The minimum Gasteiger partial charge on any atom is -0.492 e. The minimum atomic E-state index is -4.52. The van der Waals surface area contributed by atoms with E-state index in [0.29, 0.717) is 23.5 Å². The number of nitrogens with one attached hydrogen (secondary N) is 3. The van der Waals surface area contributed by atoms with Gasteiger partial charge in [0.1, 0.15) is 22.3 Å². The summed E-state index contributed by atoms with van der Waals surface area (Å²) in [5, 5.41) is 20.8. The maximum absolute atomic E-state index is 12.9. The molecule has 0 aliphatic heterocycles. The normalized spacial score (nSPS) is 13.1. The molecule has 0 saturated carbocycles. The van der Waals surface area contributed by atoms with Crippen molar-refractivity contribution < 1.29 is 31.4 Å². The van der Waals surface area contributed by atoms with Gasteiger partial charge in [-0.25, -0.2) is 8.42 Å². The van der Waals surface area contributed by atoms with Crippen LogP contribution in [0.2, 0.25) is 0 Å². The Morgan fingerprint density at radius 2 is 1.97 bits per heavy atom. The molecule has 0 saturated heterocycles. The molecule has 0 bridgehead atoms. The number of aromatic nitrogens is 2. The Balaban J connectivity index is 1.26. The van der Waals surface area contributed by atoms with Gasteiger partial charge in [0.25, 0.3) is 10.0 Å². The monoisotopic (exact) mass is 526 g/mol. The van der Waals surface area contributed by atoms with Crippen LogP contribution in [0.5, 0.6) is 5.75 Å². The molecular formula is C22H21F3N4O4S2. The summed E-state index contributed by atoms with van der Waals surface area (Å²) in [5.74, 6) is 0.366. The third-order valence-electron chi connectivity index (χ3n) is 4.98. The van der Waals surface area contributed by atoms with Crippen LogP contribution in [0.3, 0.4) is 0 Å². The van der Waals surface area contributed by atoms with Crippen molar-refractivity contribution in [2.75, 3.05) is 24.4 Å². The van der Waals surface area contributed by atoms with Crippen molar-refractivity contribution >= 4 is 38.0 Å². The Morgan fingerprint density at radius 1 is 1.14 bits per heavy atom. The number of benzene rings is 2. The number of H-pyrrole nitrogens is 1. The van der Waals surface area contributed by atoms with E-state index in [-0.39, 0.29) is 28.3 Å². The summed E-state index contributed by atoms with van der Waals surface area (Å²) in [5.41, 5.74) is 0.0980. The Bertz CT molecular complexity index is 1390. The summed E-state index contributed by atoms with van der Waals surface area (Å²) in [6, 6.07) is 13.8. The molecule has 4 aromatic rings. The van der Waals surface area contributed by atoms with Crippen molar-refractivity contribution in [1.82, 2.24) is 15.5 Å². The molecule has 0 radical (unpaired) electrons. The van der Waals surface area contributed by atoms with Crippen LogP contribution in [0.25, 0.3) is 10.9 Å². The molecule has 2 aromatic heterocycles. The lowest BCUT2D eigenvalue weighted by Crippen LogP contribution is -2.26. The summed E-state index contributed by atoms with van der Waals surface area (Å²) < 4.78 is 71.7. The number of sulfonamides is 1. The van der Waals surface area contributed by atoms with Gasteiger partial charge in [0.2, 0.25) is 0 Å². The van der Waals surface area contributed by atoms with Crippen molar-refractivity contribution in [3.05, 3.63) is 71.2 Å². The summed E-state index contributed by atoms with van der Waals surface area (Å²) in [7, 11) is -3.69. The van der Waals surface area contributed by atoms with E-state index in [4.69, 9.17) is 4.74 Å². The van der Waals surface area contributed by atoms with Crippen LogP contribution in [0, 0.1) is 0 Å². The SMILES string of the molecule is O=S(=O)(Nc1cccc([C@@H](O)CNCCOc2ccc3c(C(F)(F)F)[nH]nc3c2)c1)c1cccs1. The first-order valence-corrected chi connectivity index (χ1v) is 12.7. The number of rotatable bonds is 10. The number of aromatic amines is 1. The lowest BCUT2D eigenvalue weighted by Gasteiger charge is -2.14. The molecule has 4 rings (SSSR count). The first kappa shape index (κ1) is 25.0. The Labute approximate surface area is 202 Å². The minimum absolute atomic E-state index is 0.0361. The van der Waals surface area contributed by atoms with E-state index in [1.807, 2.05) is 5.10 Å². The fourth-order valence-electron chi connectivity index (χ4n) is 3.33. The maximum Gasteiger partial charge on any atom is 0.433 e. The van der Waals surface area contributed by atoms with E-state index in [1.165, 1.54) is 24.3 Å². The number of nitrogens with zero attached hydrogens (tertiary/aromatic N) is 1. The van der Waals surface area contributed by atoms with Gasteiger partial charge in [-0.15, -0.1) is 11.3 Å². The fourth-order valence-corrected chi connectivity index (χ4v) is 5.37. The summed E-state index contributed by atoms with van der Waals surface area (Å²) in [6.45, 7) is 0.738. The predicted octanol–water partition coefficient (Wildman–Crippen LogP) is 4.15. The second-order valence-corrected chi connectivity index (χ2v) is 10.4. The molecular weight excluding hydrogens is 505 g/mol. The van der Waals surface area contributed by atoms with Gasteiger partial charge in [-0.1, -0.05) is 18.2 Å². The lowest BCUT2D eigenvalue weighted by atomic mass is 10.1. The molecule has 35 heavy (non-hydrogen) atoms. The van der Waals surface area contributed by atoms with Crippen LogP contribution in [0.4, 0.5) is 18.9 Å². The standard InChI is InChI=1S/C22H21F3N4O4S2/c23-22(24,25)21-17-7-6-16(12-18(17)27-28-21)33-9-8-26-13-19(30)14-3-1-4-15(11-14)29-35(31,32)20-5-2-10-34-20/h1-7,10-12,19,26,29-30H,8-9,13H2,(H,27,28)/t19-/m0/s1. The van der Waals surface area contributed by atoms with E-state index in [2.05, 4.69) is 15.1 Å². The van der Waals surface area contributed by atoms with Gasteiger partial charge in [0.05, 0.1) is 11.6 Å². The van der Waals surface area contributed by atoms with E-state index in [1.54, 1.807) is 35.7 Å². The zero-order chi connectivity index (χ0) is 25.1. The molecule has 0 fully saturated rings. The first-order valence-electron chi connectivity index (χ1n) is 10.4. The quantitative estimate of drug-likeness (QED) is 0.231. The van der Waals surface area contributed by atoms with Crippen LogP contribution in [-0.2, 0) is 16.2 Å². The number of thiophene rings is 1. The zero-order valence-electron chi connectivity index (χ0n) is 18.0. The van der Waals surface area contributed by atoms with Crippen molar-refractivity contribution in [1.29, 1.82) is 0 Å². The molecule has 8 nitrogen and oxygen atoms in total. The van der Waals surface area contributed by atoms with Gasteiger partial charge in [-0.3, -0.25) is 9.82 Å². The van der Waals surface area contributed by atoms with Gasteiger partial charge >= 0.3 is 6.18 Å². The number of anilines is 1. The van der Waals surface area contributed by atoms with Gasteiger partial charge in [-0.2, -0.15) is 18.3 Å². The zero-order valence-corrected chi connectivity index (χ0v) is 19.7. The molecule has 0 aliphatic carbocycles. The van der Waals surface area contributed by atoms with Gasteiger partial charge in [0, 0.05) is 30.2 Å². The topological polar surface area (TPSA) is 116 Å². The number of ether oxygens (including phenoxy) is 1. The van der Waals surface area contributed by atoms with Gasteiger partial charge in [-0.05, 0) is 41.3 Å². The summed E-state index contributed by atoms with van der Waals surface area (Å²) in [6.07, 6.45) is -5.42. The average Bonchev–Trinajstić information content (AvgIpc) is 3.49. The van der Waals surface area contributed by atoms with E-state index in [9.17, 15) is 26.7 Å². The van der Waals surface area contributed by atoms with Crippen LogP contribution < -0.4 is 14.8 Å². The third kappa shape index (κ3) is 6.11. The van der Waals surface area contributed by atoms with E-state index in [0.717, 1.165) is 11.3 Å². The maximum atomic E-state index is 12.9. The highest BCUT2D eigenvalue weighted by Gasteiger charge is 2.35. The van der Waals surface area contributed by atoms with E-state index < -0.39 is 28.0 Å². The largest absolute Gasteiger partial charge is 0.492 e. The van der Waals surface area contributed by atoms with Crippen LogP contribution in [0.1, 0.15) is 17.4 Å². The average molecular weight is 527 g/mol. The highest BCUT2D eigenvalue weighted by molar-refractivity contribution is 7.94. The van der Waals surface area contributed by atoms with Crippen LogP contribution in [0.15, 0.2) is 64.2 Å². The summed E-state index contributed by atoms with van der Waals surface area (Å²) >= 11 is 1.10. The van der Waals surface area contributed by atoms with Crippen LogP contribution >= 0.6 is 11.3 Å². The third-order valence-corrected chi connectivity index (χ3v) is 7.76. The van der Waals surface area contributed by atoms with Crippen LogP contribution in [-0.4, -0.2) is 43.4 Å². The molecule has 186 valence electrons. The molecule has 0 amide bonds. The molecule has 2 heterocycles. The number of alkyl halides is 3. The second kappa shape index (κ2) is 10.2. The summed E-state index contributed by atoms with van der Waals surface area (Å²) in [4.78, 5) is 0. The van der Waals surface area contributed by atoms with Crippen molar-refractivity contribution in [3.8, 4) is 5.75 Å². The molecule has 1 atom stereocenters. The van der Waals surface area contributed by atoms with Crippen molar-refractivity contribution in [3.63, 3.8) is 0 Å². The van der Waals surface area contributed by atoms with Gasteiger partial charge < -0.3 is 15.2 Å². The molecule has 4 N–H and O–H groups in total.